The van der Waals surface area contributed by atoms with Crippen LogP contribution >= 0.6 is 0 Å². The molecule has 130 valence electrons. The zero-order chi connectivity index (χ0) is 16.5. The summed E-state index contributed by atoms with van der Waals surface area (Å²) in [6.45, 7) is 6.47. The fourth-order valence-electron chi connectivity index (χ4n) is 2.82. The Morgan fingerprint density at radius 1 is 0.682 bits per heavy atom. The van der Waals surface area contributed by atoms with Crippen LogP contribution in [0.15, 0.2) is 12.2 Å². The second kappa shape index (κ2) is 16.6. The van der Waals surface area contributed by atoms with Crippen LogP contribution in [0.3, 0.4) is 0 Å². The molecule has 0 aromatic rings. The van der Waals surface area contributed by atoms with E-state index >= 15 is 0 Å². The van der Waals surface area contributed by atoms with Crippen molar-refractivity contribution in [2.24, 2.45) is 0 Å². The lowest BCUT2D eigenvalue weighted by molar-refractivity contribution is -0.137. The Balaban J connectivity index is 3.15. The van der Waals surface area contributed by atoms with Crippen LogP contribution in [0.1, 0.15) is 110 Å². The highest BCUT2D eigenvalue weighted by Gasteiger charge is 1.98. The van der Waals surface area contributed by atoms with Gasteiger partial charge in [0.15, 0.2) is 0 Å². The normalized spacial score (nSPS) is 10.8. The van der Waals surface area contributed by atoms with Crippen molar-refractivity contribution >= 4 is 5.97 Å². The Morgan fingerprint density at radius 2 is 1.05 bits per heavy atom. The van der Waals surface area contributed by atoms with Gasteiger partial charge in [0.25, 0.3) is 0 Å². The summed E-state index contributed by atoms with van der Waals surface area (Å²) in [6, 6.07) is 0. The number of rotatable bonds is 17. The molecule has 0 atom stereocenters. The number of hydrogen-bond acceptors (Lipinski definition) is 1. The van der Waals surface area contributed by atoms with E-state index in [4.69, 9.17) is 5.11 Å². The number of carboxylic acid groups (broad SMARTS) is 1. The summed E-state index contributed by atoms with van der Waals surface area (Å²) in [5, 5.41) is 8.54. The lowest BCUT2D eigenvalue weighted by atomic mass is 10.0. The van der Waals surface area contributed by atoms with Gasteiger partial charge in [-0.3, -0.25) is 4.79 Å². The summed E-state index contributed by atoms with van der Waals surface area (Å²) in [5.74, 6) is -0.661. The number of carbonyl (C=O) groups is 1. The molecular weight excluding hydrogens is 272 g/mol. The smallest absolute Gasteiger partial charge is 0.303 e. The van der Waals surface area contributed by atoms with Gasteiger partial charge in [-0.2, -0.15) is 0 Å². The summed E-state index contributed by atoms with van der Waals surface area (Å²) >= 11 is 0. The average molecular weight is 311 g/mol. The predicted molar refractivity (Wildman–Crippen MR) is 96.3 cm³/mol. The first-order valence-corrected chi connectivity index (χ1v) is 9.55. The summed E-state index contributed by atoms with van der Waals surface area (Å²) in [4.78, 5) is 10.4. The molecule has 22 heavy (non-hydrogen) atoms. The molecule has 0 radical (unpaired) electrons. The largest absolute Gasteiger partial charge is 0.481 e. The number of aliphatic carboxylic acids is 1. The molecule has 0 bridgehead atoms. The third-order valence-electron chi connectivity index (χ3n) is 4.30. The molecule has 0 aromatic carbocycles. The summed E-state index contributed by atoms with van der Waals surface area (Å²) in [6.07, 6.45) is 19.2. The van der Waals surface area contributed by atoms with Crippen LogP contribution in [0.2, 0.25) is 0 Å². The first kappa shape index (κ1) is 21.2. The Bertz CT molecular complexity index is 271. The topological polar surface area (TPSA) is 37.3 Å². The minimum absolute atomic E-state index is 0.334. The molecular formula is C20H38O2. The van der Waals surface area contributed by atoms with E-state index in [-0.39, 0.29) is 0 Å². The van der Waals surface area contributed by atoms with Crippen molar-refractivity contribution in [3.05, 3.63) is 12.2 Å². The Hall–Kier alpha value is -0.790. The molecule has 0 saturated heterocycles. The molecule has 0 aliphatic rings. The van der Waals surface area contributed by atoms with Gasteiger partial charge in [0, 0.05) is 6.42 Å². The van der Waals surface area contributed by atoms with E-state index in [2.05, 4.69) is 13.5 Å². The van der Waals surface area contributed by atoms with E-state index in [0.29, 0.717) is 6.42 Å². The molecule has 2 nitrogen and oxygen atoms in total. The fourth-order valence-corrected chi connectivity index (χ4v) is 2.82. The number of carboxylic acids is 1. The van der Waals surface area contributed by atoms with E-state index < -0.39 is 5.97 Å². The third kappa shape index (κ3) is 17.3. The third-order valence-corrected chi connectivity index (χ3v) is 4.30. The molecule has 0 heterocycles. The highest BCUT2D eigenvalue weighted by Crippen LogP contribution is 2.17. The van der Waals surface area contributed by atoms with Crippen molar-refractivity contribution in [2.75, 3.05) is 0 Å². The van der Waals surface area contributed by atoms with Crippen molar-refractivity contribution in [3.8, 4) is 0 Å². The van der Waals surface area contributed by atoms with Gasteiger partial charge in [-0.15, -0.1) is 0 Å². The zero-order valence-corrected chi connectivity index (χ0v) is 14.9. The quantitative estimate of drug-likeness (QED) is 0.234. The lowest BCUT2D eigenvalue weighted by Gasteiger charge is -2.06. The molecule has 0 aliphatic heterocycles. The maximum atomic E-state index is 10.4. The number of allylic oxidation sites excluding steroid dienone is 1. The van der Waals surface area contributed by atoms with Gasteiger partial charge in [0.05, 0.1) is 0 Å². The molecule has 2 heteroatoms. The summed E-state index contributed by atoms with van der Waals surface area (Å²) < 4.78 is 0. The summed E-state index contributed by atoms with van der Waals surface area (Å²) in [5.41, 5.74) is 1.45. The molecule has 1 N–H and O–H groups in total. The van der Waals surface area contributed by atoms with Crippen molar-refractivity contribution in [2.45, 2.75) is 110 Å². The van der Waals surface area contributed by atoms with Crippen LogP contribution in [-0.2, 0) is 4.79 Å². The van der Waals surface area contributed by atoms with E-state index in [9.17, 15) is 4.79 Å². The van der Waals surface area contributed by atoms with Crippen molar-refractivity contribution in [1.29, 1.82) is 0 Å². The highest BCUT2D eigenvalue weighted by atomic mass is 16.4. The first-order valence-electron chi connectivity index (χ1n) is 9.55. The molecule has 0 aliphatic carbocycles. The van der Waals surface area contributed by atoms with Crippen molar-refractivity contribution in [3.63, 3.8) is 0 Å². The first-order chi connectivity index (χ1) is 10.7. The van der Waals surface area contributed by atoms with Crippen LogP contribution in [0.25, 0.3) is 0 Å². The second-order valence-electron chi connectivity index (χ2n) is 6.64. The maximum absolute atomic E-state index is 10.4. The molecule has 0 saturated carbocycles. The molecule has 0 rings (SSSR count). The maximum Gasteiger partial charge on any atom is 0.303 e. The van der Waals surface area contributed by atoms with Gasteiger partial charge in [-0.1, -0.05) is 83.3 Å². The van der Waals surface area contributed by atoms with E-state index in [1.807, 2.05) is 0 Å². The summed E-state index contributed by atoms with van der Waals surface area (Å²) in [7, 11) is 0. The van der Waals surface area contributed by atoms with Crippen LogP contribution < -0.4 is 0 Å². The van der Waals surface area contributed by atoms with Crippen molar-refractivity contribution < 1.29 is 9.90 Å². The predicted octanol–water partition coefficient (Wildman–Crippen LogP) is 6.89. The Labute approximate surface area is 138 Å². The van der Waals surface area contributed by atoms with Crippen LogP contribution in [0.5, 0.6) is 0 Å². The van der Waals surface area contributed by atoms with E-state index in [1.54, 1.807) is 0 Å². The van der Waals surface area contributed by atoms with Crippen LogP contribution in [0.4, 0.5) is 0 Å². The molecule has 0 spiro atoms. The molecule has 0 aromatic heterocycles. The van der Waals surface area contributed by atoms with Gasteiger partial charge in [-0.25, -0.2) is 0 Å². The highest BCUT2D eigenvalue weighted by molar-refractivity contribution is 5.66. The molecule has 0 unspecified atom stereocenters. The van der Waals surface area contributed by atoms with E-state index in [0.717, 1.165) is 12.8 Å². The number of hydrogen-bond donors (Lipinski definition) is 1. The SMILES string of the molecule is C=C(CCCCCCC)CCCCCCCCCCC(=O)O. The average Bonchev–Trinajstić information content (AvgIpc) is 2.48. The van der Waals surface area contributed by atoms with Crippen molar-refractivity contribution in [1.82, 2.24) is 0 Å². The van der Waals surface area contributed by atoms with E-state index in [1.165, 1.54) is 89.0 Å². The lowest BCUT2D eigenvalue weighted by Crippen LogP contribution is -1.93. The van der Waals surface area contributed by atoms with Crippen LogP contribution in [-0.4, -0.2) is 11.1 Å². The standard InChI is InChI=1S/C20H38O2/c1-3-4-5-10-13-16-19(2)17-14-11-8-6-7-9-12-15-18-20(21)22/h2-18H2,1H3,(H,21,22). The monoisotopic (exact) mass is 310 g/mol. The Kier molecular flexibility index (Phi) is 16.0. The van der Waals surface area contributed by atoms with Gasteiger partial charge >= 0.3 is 5.97 Å². The second-order valence-corrected chi connectivity index (χ2v) is 6.64. The van der Waals surface area contributed by atoms with Gasteiger partial charge in [0.2, 0.25) is 0 Å². The fraction of sp³-hybridized carbons (Fsp3) is 0.850. The van der Waals surface area contributed by atoms with Gasteiger partial charge in [-0.05, 0) is 32.1 Å². The van der Waals surface area contributed by atoms with Gasteiger partial charge < -0.3 is 5.11 Å². The minimum Gasteiger partial charge on any atom is -0.481 e. The zero-order valence-electron chi connectivity index (χ0n) is 14.9. The Morgan fingerprint density at radius 3 is 1.45 bits per heavy atom. The number of unbranched alkanes of at least 4 members (excludes halogenated alkanes) is 11. The molecule has 0 fully saturated rings. The van der Waals surface area contributed by atoms with Crippen LogP contribution in [0, 0.1) is 0 Å². The minimum atomic E-state index is -0.661. The van der Waals surface area contributed by atoms with Gasteiger partial charge in [0.1, 0.15) is 0 Å². The molecule has 0 amide bonds.